The molecule has 0 aromatic carbocycles. The van der Waals surface area contributed by atoms with E-state index in [0.29, 0.717) is 6.54 Å². The van der Waals surface area contributed by atoms with Crippen molar-refractivity contribution in [1.29, 1.82) is 0 Å². The predicted octanol–water partition coefficient (Wildman–Crippen LogP) is -0.484. The van der Waals surface area contributed by atoms with E-state index in [1.807, 2.05) is 4.68 Å². The quantitative estimate of drug-likeness (QED) is 0.660. The van der Waals surface area contributed by atoms with Crippen LogP contribution in [0.3, 0.4) is 0 Å². The molecule has 0 radical (unpaired) electrons. The van der Waals surface area contributed by atoms with Crippen LogP contribution in [0.15, 0.2) is 0 Å². The largest absolute Gasteiger partial charge is 0.330 e. The summed E-state index contributed by atoms with van der Waals surface area (Å²) in [5.41, 5.74) is 5.48. The van der Waals surface area contributed by atoms with Gasteiger partial charge in [0.1, 0.15) is 0 Å². The third-order valence-corrected chi connectivity index (χ3v) is 2.50. The Morgan fingerprint density at radius 3 is 2.67 bits per heavy atom. The zero-order valence-corrected chi connectivity index (χ0v) is 9.56. The maximum absolute atomic E-state index is 5.48. The minimum Gasteiger partial charge on any atom is -0.330 e. The van der Waals surface area contributed by atoms with Gasteiger partial charge in [0.05, 0.1) is 6.54 Å². The second-order valence-electron chi connectivity index (χ2n) is 3.38. The first kappa shape index (κ1) is 12.1. The summed E-state index contributed by atoms with van der Waals surface area (Å²) in [6.07, 6.45) is 0.741. The normalized spacial score (nSPS) is 11.2. The minimum atomic E-state index is 0.589. The summed E-state index contributed by atoms with van der Waals surface area (Å²) in [4.78, 5) is 2.34. The number of nitrogens with zero attached hydrogens (tertiary/aromatic N) is 5. The maximum Gasteiger partial charge on any atom is 0.152 e. The SMILES string of the molecule is CCN(CC)CCn1nnnc1CCN. The fourth-order valence-electron chi connectivity index (χ4n) is 1.48. The van der Waals surface area contributed by atoms with Crippen LogP contribution in [0.2, 0.25) is 0 Å². The molecule has 0 aliphatic carbocycles. The van der Waals surface area contributed by atoms with E-state index in [2.05, 4.69) is 34.3 Å². The number of likely N-dealkylation sites (N-methyl/N-ethyl adjacent to an activating group) is 1. The highest BCUT2D eigenvalue weighted by Crippen LogP contribution is 1.94. The number of aromatic nitrogens is 4. The summed E-state index contributed by atoms with van der Waals surface area (Å²) in [6, 6.07) is 0. The van der Waals surface area contributed by atoms with Crippen molar-refractivity contribution < 1.29 is 0 Å². The number of nitrogens with two attached hydrogens (primary N) is 1. The molecule has 1 aromatic rings. The predicted molar refractivity (Wildman–Crippen MR) is 58.4 cm³/mol. The molecule has 1 rings (SSSR count). The van der Waals surface area contributed by atoms with E-state index in [9.17, 15) is 0 Å². The molecule has 0 aliphatic heterocycles. The van der Waals surface area contributed by atoms with E-state index < -0.39 is 0 Å². The van der Waals surface area contributed by atoms with Crippen LogP contribution >= 0.6 is 0 Å². The highest BCUT2D eigenvalue weighted by Gasteiger charge is 2.06. The lowest BCUT2D eigenvalue weighted by Crippen LogP contribution is -2.28. The van der Waals surface area contributed by atoms with Crippen LogP contribution in [0, 0.1) is 0 Å². The Balaban J connectivity index is 2.45. The van der Waals surface area contributed by atoms with Gasteiger partial charge in [-0.2, -0.15) is 0 Å². The Hall–Kier alpha value is -1.01. The summed E-state index contributed by atoms with van der Waals surface area (Å²) >= 11 is 0. The van der Waals surface area contributed by atoms with Crippen molar-refractivity contribution in [1.82, 2.24) is 25.1 Å². The molecule has 0 saturated heterocycles. The Kier molecular flexibility index (Phi) is 5.20. The topological polar surface area (TPSA) is 72.9 Å². The first-order valence-electron chi connectivity index (χ1n) is 5.49. The minimum absolute atomic E-state index is 0.589. The molecule has 0 amide bonds. The van der Waals surface area contributed by atoms with E-state index in [1.54, 1.807) is 0 Å². The average molecular weight is 212 g/mol. The van der Waals surface area contributed by atoms with E-state index in [4.69, 9.17) is 5.73 Å². The van der Waals surface area contributed by atoms with Crippen molar-refractivity contribution in [3.8, 4) is 0 Å². The molecular formula is C9H20N6. The van der Waals surface area contributed by atoms with Gasteiger partial charge in [0, 0.05) is 13.0 Å². The van der Waals surface area contributed by atoms with Crippen molar-refractivity contribution in [3.63, 3.8) is 0 Å². The van der Waals surface area contributed by atoms with E-state index in [1.165, 1.54) is 0 Å². The van der Waals surface area contributed by atoms with Crippen LogP contribution in [-0.4, -0.2) is 51.3 Å². The van der Waals surface area contributed by atoms with Gasteiger partial charge in [0.25, 0.3) is 0 Å². The Bertz CT molecular complexity index is 267. The molecule has 15 heavy (non-hydrogen) atoms. The van der Waals surface area contributed by atoms with Crippen molar-refractivity contribution in [2.75, 3.05) is 26.2 Å². The van der Waals surface area contributed by atoms with Crippen LogP contribution in [0.5, 0.6) is 0 Å². The molecule has 0 bridgehead atoms. The third-order valence-electron chi connectivity index (χ3n) is 2.50. The van der Waals surface area contributed by atoms with Gasteiger partial charge in [-0.1, -0.05) is 13.8 Å². The highest BCUT2D eigenvalue weighted by atomic mass is 15.5. The Morgan fingerprint density at radius 1 is 1.33 bits per heavy atom. The number of rotatable bonds is 7. The lowest BCUT2D eigenvalue weighted by atomic mass is 10.4. The molecule has 0 fully saturated rings. The molecule has 2 N–H and O–H groups in total. The summed E-state index contributed by atoms with van der Waals surface area (Å²) in [6.45, 7) is 8.84. The van der Waals surface area contributed by atoms with Gasteiger partial charge in [-0.15, -0.1) is 5.10 Å². The molecule has 0 atom stereocenters. The summed E-state index contributed by atoms with van der Waals surface area (Å²) in [5.74, 6) is 0.879. The number of tetrazole rings is 1. The van der Waals surface area contributed by atoms with Crippen LogP contribution in [-0.2, 0) is 13.0 Å². The maximum atomic E-state index is 5.48. The highest BCUT2D eigenvalue weighted by molar-refractivity contribution is 4.81. The van der Waals surface area contributed by atoms with Crippen LogP contribution in [0.4, 0.5) is 0 Å². The van der Waals surface area contributed by atoms with Crippen molar-refractivity contribution in [2.45, 2.75) is 26.8 Å². The number of hydrogen-bond donors (Lipinski definition) is 1. The lowest BCUT2D eigenvalue weighted by molar-refractivity contribution is 0.282. The fourth-order valence-corrected chi connectivity index (χ4v) is 1.48. The molecule has 6 nitrogen and oxygen atoms in total. The standard InChI is InChI=1S/C9H20N6/c1-3-14(4-2)7-8-15-9(5-6-10)11-12-13-15/h3-8,10H2,1-2H3. The van der Waals surface area contributed by atoms with Crippen LogP contribution in [0.25, 0.3) is 0 Å². The average Bonchev–Trinajstić information content (AvgIpc) is 2.68. The molecule has 0 unspecified atom stereocenters. The van der Waals surface area contributed by atoms with Crippen LogP contribution < -0.4 is 5.73 Å². The molecular weight excluding hydrogens is 192 g/mol. The van der Waals surface area contributed by atoms with Crippen molar-refractivity contribution >= 4 is 0 Å². The number of hydrogen-bond acceptors (Lipinski definition) is 5. The molecule has 1 heterocycles. The first-order valence-corrected chi connectivity index (χ1v) is 5.49. The zero-order valence-electron chi connectivity index (χ0n) is 9.56. The molecule has 6 heteroatoms. The smallest absolute Gasteiger partial charge is 0.152 e. The van der Waals surface area contributed by atoms with E-state index in [0.717, 1.165) is 38.4 Å². The monoisotopic (exact) mass is 212 g/mol. The van der Waals surface area contributed by atoms with Gasteiger partial charge in [0.2, 0.25) is 0 Å². The van der Waals surface area contributed by atoms with Crippen LogP contribution in [0.1, 0.15) is 19.7 Å². The summed E-state index contributed by atoms with van der Waals surface area (Å²) < 4.78 is 1.84. The molecule has 0 saturated carbocycles. The molecule has 1 aromatic heterocycles. The van der Waals surface area contributed by atoms with Gasteiger partial charge >= 0.3 is 0 Å². The summed E-state index contributed by atoms with van der Waals surface area (Å²) in [7, 11) is 0. The lowest BCUT2D eigenvalue weighted by Gasteiger charge is -2.17. The second kappa shape index (κ2) is 6.47. The van der Waals surface area contributed by atoms with Crippen molar-refractivity contribution in [3.05, 3.63) is 5.82 Å². The zero-order chi connectivity index (χ0) is 11.1. The second-order valence-corrected chi connectivity index (χ2v) is 3.38. The van der Waals surface area contributed by atoms with Gasteiger partial charge in [0.15, 0.2) is 5.82 Å². The molecule has 86 valence electrons. The van der Waals surface area contributed by atoms with Gasteiger partial charge in [-0.25, -0.2) is 4.68 Å². The van der Waals surface area contributed by atoms with E-state index >= 15 is 0 Å². The van der Waals surface area contributed by atoms with Gasteiger partial charge in [-0.3, -0.25) is 0 Å². The fraction of sp³-hybridized carbons (Fsp3) is 0.889. The molecule has 0 spiro atoms. The summed E-state index contributed by atoms with van der Waals surface area (Å²) in [5, 5.41) is 11.5. The van der Waals surface area contributed by atoms with Crippen molar-refractivity contribution in [2.24, 2.45) is 5.73 Å². The van der Waals surface area contributed by atoms with E-state index in [-0.39, 0.29) is 0 Å². The Labute approximate surface area is 90.4 Å². The van der Waals surface area contributed by atoms with Gasteiger partial charge in [-0.05, 0) is 30.1 Å². The van der Waals surface area contributed by atoms with Gasteiger partial charge < -0.3 is 10.6 Å². The first-order chi connectivity index (χ1) is 7.31. The molecule has 0 aliphatic rings. The third kappa shape index (κ3) is 3.56. The Morgan fingerprint density at radius 2 is 2.07 bits per heavy atom.